The summed E-state index contributed by atoms with van der Waals surface area (Å²) in [6.07, 6.45) is 0.725. The van der Waals surface area contributed by atoms with Crippen molar-refractivity contribution in [3.8, 4) is 0 Å². The number of nitrogens with zero attached hydrogens (tertiary/aromatic N) is 1. The maximum atomic E-state index is 12.0. The van der Waals surface area contributed by atoms with Gasteiger partial charge < -0.3 is 10.1 Å². The molecule has 1 N–H and O–H groups in total. The summed E-state index contributed by atoms with van der Waals surface area (Å²) >= 11 is 5.53. The second kappa shape index (κ2) is 5.18. The smallest absolute Gasteiger partial charge is 0.332 e. The summed E-state index contributed by atoms with van der Waals surface area (Å²) in [4.78, 5) is 25.1. The first-order chi connectivity index (χ1) is 8.65. The second-order valence-electron chi connectivity index (χ2n) is 3.87. The van der Waals surface area contributed by atoms with Gasteiger partial charge in [-0.25, -0.2) is 4.98 Å². The van der Waals surface area contributed by atoms with Crippen molar-refractivity contribution >= 4 is 34.1 Å². The highest BCUT2D eigenvalue weighted by molar-refractivity contribution is 6.18. The highest BCUT2D eigenvalue weighted by Gasteiger charge is 2.25. The first kappa shape index (κ1) is 12.6. The van der Waals surface area contributed by atoms with E-state index in [4.69, 9.17) is 11.6 Å². The van der Waals surface area contributed by atoms with Crippen molar-refractivity contribution < 1.29 is 9.72 Å². The standard InChI is InChI=1S/C12H11ClN2O3/c13-7-3-6-10(16)11-8-4-1-2-5-9(8)14-12(11)15(17)18/h1-2,4-5,14H,3,6-7H2. The molecule has 0 spiro atoms. The van der Waals surface area contributed by atoms with Crippen LogP contribution in [0.25, 0.3) is 10.9 Å². The SMILES string of the molecule is O=C(CCCCl)c1c([N+](=O)[O-])[nH]c2ccccc12. The first-order valence-electron chi connectivity index (χ1n) is 5.49. The fourth-order valence-corrected chi connectivity index (χ4v) is 2.03. The van der Waals surface area contributed by atoms with Crippen LogP contribution in [-0.4, -0.2) is 21.6 Å². The Hall–Kier alpha value is -1.88. The predicted molar refractivity (Wildman–Crippen MR) is 69.2 cm³/mol. The lowest BCUT2D eigenvalue weighted by Gasteiger charge is -1.98. The van der Waals surface area contributed by atoms with Crippen molar-refractivity contribution in [1.82, 2.24) is 4.98 Å². The quantitative estimate of drug-likeness (QED) is 0.390. The van der Waals surface area contributed by atoms with Crippen LogP contribution in [-0.2, 0) is 0 Å². The van der Waals surface area contributed by atoms with E-state index in [0.717, 1.165) is 0 Å². The number of benzene rings is 1. The summed E-state index contributed by atoms with van der Waals surface area (Å²) in [5.74, 6) is -0.127. The number of aromatic nitrogens is 1. The largest absolute Gasteiger partial charge is 0.358 e. The van der Waals surface area contributed by atoms with Crippen molar-refractivity contribution in [3.05, 3.63) is 39.9 Å². The molecule has 2 rings (SSSR count). The molecular weight excluding hydrogens is 256 g/mol. The third-order valence-electron chi connectivity index (χ3n) is 2.69. The summed E-state index contributed by atoms with van der Waals surface area (Å²) in [5, 5.41) is 11.6. The number of hydrogen-bond acceptors (Lipinski definition) is 3. The predicted octanol–water partition coefficient (Wildman–Crippen LogP) is 3.28. The number of fused-ring (bicyclic) bond motifs is 1. The highest BCUT2D eigenvalue weighted by atomic mass is 35.5. The number of rotatable bonds is 5. The molecule has 0 fully saturated rings. The fraction of sp³-hybridized carbons (Fsp3) is 0.250. The molecule has 94 valence electrons. The molecule has 0 saturated heterocycles. The fourth-order valence-electron chi connectivity index (χ4n) is 1.90. The molecule has 0 aliphatic heterocycles. The van der Waals surface area contributed by atoms with Crippen LogP contribution in [0.15, 0.2) is 24.3 Å². The summed E-state index contributed by atoms with van der Waals surface area (Å²) in [6.45, 7) is 0. The molecule has 18 heavy (non-hydrogen) atoms. The monoisotopic (exact) mass is 266 g/mol. The van der Waals surface area contributed by atoms with Crippen LogP contribution in [0.3, 0.4) is 0 Å². The van der Waals surface area contributed by atoms with Gasteiger partial charge in [-0.05, 0) is 23.5 Å². The van der Waals surface area contributed by atoms with E-state index >= 15 is 0 Å². The molecular formula is C12H11ClN2O3. The zero-order chi connectivity index (χ0) is 13.1. The number of halogens is 1. The van der Waals surface area contributed by atoms with Gasteiger partial charge in [0, 0.05) is 17.7 Å². The van der Waals surface area contributed by atoms with Gasteiger partial charge in [-0.15, -0.1) is 11.6 Å². The number of hydrogen-bond donors (Lipinski definition) is 1. The number of nitrogens with one attached hydrogen (secondary N) is 1. The van der Waals surface area contributed by atoms with Gasteiger partial charge in [-0.3, -0.25) is 4.79 Å². The van der Waals surface area contributed by atoms with Crippen molar-refractivity contribution in [2.24, 2.45) is 0 Å². The van der Waals surface area contributed by atoms with Crippen LogP contribution in [0, 0.1) is 10.1 Å². The van der Waals surface area contributed by atoms with E-state index in [1.807, 2.05) is 0 Å². The van der Waals surface area contributed by atoms with E-state index in [2.05, 4.69) is 4.98 Å². The zero-order valence-electron chi connectivity index (χ0n) is 9.48. The third kappa shape index (κ3) is 2.22. The molecule has 0 bridgehead atoms. The van der Waals surface area contributed by atoms with E-state index in [1.54, 1.807) is 24.3 Å². The molecule has 0 atom stereocenters. The summed E-state index contributed by atoms with van der Waals surface area (Å²) in [6, 6.07) is 6.92. The molecule has 0 unspecified atom stereocenters. The Kier molecular flexibility index (Phi) is 3.62. The highest BCUT2D eigenvalue weighted by Crippen LogP contribution is 2.29. The molecule has 6 heteroatoms. The van der Waals surface area contributed by atoms with Gasteiger partial charge in [0.1, 0.15) is 11.1 Å². The van der Waals surface area contributed by atoms with Crippen LogP contribution in [0.1, 0.15) is 23.2 Å². The Balaban J connectivity index is 2.55. The maximum absolute atomic E-state index is 12.0. The van der Waals surface area contributed by atoms with Gasteiger partial charge in [0.2, 0.25) is 0 Å². The number of para-hydroxylation sites is 1. The number of carbonyl (C=O) groups excluding carboxylic acids is 1. The van der Waals surface area contributed by atoms with Crippen molar-refractivity contribution in [1.29, 1.82) is 0 Å². The average Bonchev–Trinajstić information content (AvgIpc) is 2.75. The Morgan fingerprint density at radius 1 is 1.39 bits per heavy atom. The number of aromatic amines is 1. The number of carbonyl (C=O) groups is 1. The second-order valence-corrected chi connectivity index (χ2v) is 4.24. The van der Waals surface area contributed by atoms with Gasteiger partial charge in [-0.2, -0.15) is 0 Å². The molecule has 1 aromatic carbocycles. The van der Waals surface area contributed by atoms with Gasteiger partial charge in [-0.1, -0.05) is 12.1 Å². The molecule has 0 saturated carbocycles. The third-order valence-corrected chi connectivity index (χ3v) is 2.95. The van der Waals surface area contributed by atoms with Crippen LogP contribution < -0.4 is 0 Å². The minimum Gasteiger partial charge on any atom is -0.358 e. The molecule has 2 aromatic rings. The van der Waals surface area contributed by atoms with Crippen molar-refractivity contribution in [2.45, 2.75) is 12.8 Å². The zero-order valence-corrected chi connectivity index (χ0v) is 10.2. The van der Waals surface area contributed by atoms with E-state index < -0.39 is 4.92 Å². The van der Waals surface area contributed by atoms with Gasteiger partial charge in [0.15, 0.2) is 5.78 Å². The number of nitro groups is 1. The summed E-state index contributed by atoms with van der Waals surface area (Å²) in [5.41, 5.74) is 0.749. The minimum absolute atomic E-state index is 0.153. The Labute approximate surface area is 108 Å². The molecule has 1 aromatic heterocycles. The Morgan fingerprint density at radius 3 is 2.78 bits per heavy atom. The number of Topliss-reactive ketones (excluding diaryl/α,β-unsaturated/α-hetero) is 1. The van der Waals surface area contributed by atoms with Crippen LogP contribution in [0.5, 0.6) is 0 Å². The summed E-state index contributed by atoms with van der Waals surface area (Å²) < 4.78 is 0. The average molecular weight is 267 g/mol. The van der Waals surface area contributed by atoms with Crippen LogP contribution >= 0.6 is 11.6 Å². The van der Waals surface area contributed by atoms with Gasteiger partial charge in [0.25, 0.3) is 0 Å². The molecule has 0 aliphatic carbocycles. The molecule has 5 nitrogen and oxygen atoms in total. The normalized spacial score (nSPS) is 10.7. The number of alkyl halides is 1. The van der Waals surface area contributed by atoms with Gasteiger partial charge in [0.05, 0.1) is 0 Å². The lowest BCUT2D eigenvalue weighted by molar-refractivity contribution is -0.389. The lowest BCUT2D eigenvalue weighted by atomic mass is 10.1. The molecule has 1 heterocycles. The molecule has 0 amide bonds. The lowest BCUT2D eigenvalue weighted by Crippen LogP contribution is -2.02. The van der Waals surface area contributed by atoms with E-state index in [9.17, 15) is 14.9 Å². The van der Waals surface area contributed by atoms with E-state index in [-0.39, 0.29) is 23.6 Å². The number of ketones is 1. The Morgan fingerprint density at radius 2 is 2.11 bits per heavy atom. The minimum atomic E-state index is -0.562. The van der Waals surface area contributed by atoms with Crippen LogP contribution in [0.4, 0.5) is 5.82 Å². The molecule has 0 aliphatic rings. The summed E-state index contributed by atoms with van der Waals surface area (Å²) in [7, 11) is 0. The Bertz CT molecular complexity index is 606. The van der Waals surface area contributed by atoms with Crippen LogP contribution in [0.2, 0.25) is 0 Å². The van der Waals surface area contributed by atoms with E-state index in [0.29, 0.717) is 23.2 Å². The van der Waals surface area contributed by atoms with Gasteiger partial charge >= 0.3 is 5.82 Å². The van der Waals surface area contributed by atoms with E-state index in [1.165, 1.54) is 0 Å². The number of H-pyrrole nitrogens is 1. The first-order valence-corrected chi connectivity index (χ1v) is 6.03. The molecule has 0 radical (unpaired) electrons. The van der Waals surface area contributed by atoms with Crippen molar-refractivity contribution in [2.75, 3.05) is 5.88 Å². The van der Waals surface area contributed by atoms with Crippen molar-refractivity contribution in [3.63, 3.8) is 0 Å². The topological polar surface area (TPSA) is 76.0 Å². The maximum Gasteiger partial charge on any atom is 0.332 e.